The number of nitrogens with zero attached hydrogens (tertiary/aromatic N) is 2. The molecule has 1 heterocycles. The highest BCUT2D eigenvalue weighted by Gasteiger charge is 2.23. The first-order chi connectivity index (χ1) is 10.5. The SMILES string of the molecule is Cc1cccc(C(=O)CC2CCc3nn(C)c(=O)cc3C2)c1. The summed E-state index contributed by atoms with van der Waals surface area (Å²) in [6, 6.07) is 9.41. The van der Waals surface area contributed by atoms with Crippen LogP contribution in [0.2, 0.25) is 0 Å². The Labute approximate surface area is 129 Å². The van der Waals surface area contributed by atoms with Gasteiger partial charge in [0.25, 0.3) is 5.56 Å². The molecule has 0 saturated carbocycles. The monoisotopic (exact) mass is 296 g/mol. The summed E-state index contributed by atoms with van der Waals surface area (Å²) >= 11 is 0. The molecule has 114 valence electrons. The van der Waals surface area contributed by atoms with E-state index in [4.69, 9.17) is 0 Å². The molecule has 0 bridgehead atoms. The third kappa shape index (κ3) is 3.01. The van der Waals surface area contributed by atoms with E-state index in [-0.39, 0.29) is 11.3 Å². The molecule has 1 aliphatic carbocycles. The van der Waals surface area contributed by atoms with E-state index in [9.17, 15) is 9.59 Å². The van der Waals surface area contributed by atoms with Crippen LogP contribution < -0.4 is 5.56 Å². The minimum atomic E-state index is -0.0792. The quantitative estimate of drug-likeness (QED) is 0.818. The highest BCUT2D eigenvalue weighted by molar-refractivity contribution is 5.96. The van der Waals surface area contributed by atoms with Crippen LogP contribution in [0, 0.1) is 12.8 Å². The minimum absolute atomic E-state index is 0.0792. The second-order valence-electron chi connectivity index (χ2n) is 6.18. The van der Waals surface area contributed by atoms with Gasteiger partial charge in [0.1, 0.15) is 0 Å². The summed E-state index contributed by atoms with van der Waals surface area (Å²) in [6.07, 6.45) is 3.11. The Balaban J connectivity index is 1.74. The van der Waals surface area contributed by atoms with Crippen molar-refractivity contribution in [2.24, 2.45) is 13.0 Å². The number of ketones is 1. The van der Waals surface area contributed by atoms with E-state index in [1.54, 1.807) is 13.1 Å². The Kier molecular flexibility index (Phi) is 3.92. The van der Waals surface area contributed by atoms with E-state index in [1.165, 1.54) is 4.68 Å². The molecule has 0 aliphatic heterocycles. The molecular weight excluding hydrogens is 276 g/mol. The molecule has 1 aliphatic rings. The van der Waals surface area contributed by atoms with Gasteiger partial charge >= 0.3 is 0 Å². The molecule has 2 aromatic rings. The first kappa shape index (κ1) is 14.7. The minimum Gasteiger partial charge on any atom is -0.294 e. The maximum absolute atomic E-state index is 12.4. The van der Waals surface area contributed by atoms with Gasteiger partial charge < -0.3 is 0 Å². The zero-order chi connectivity index (χ0) is 15.7. The molecule has 0 amide bonds. The predicted octanol–water partition coefficient (Wildman–Crippen LogP) is 2.47. The molecule has 0 N–H and O–H groups in total. The Morgan fingerprint density at radius 1 is 1.36 bits per heavy atom. The summed E-state index contributed by atoms with van der Waals surface area (Å²) in [5, 5.41) is 4.32. The van der Waals surface area contributed by atoms with Gasteiger partial charge in [-0.3, -0.25) is 9.59 Å². The van der Waals surface area contributed by atoms with Crippen molar-refractivity contribution < 1.29 is 4.79 Å². The maximum Gasteiger partial charge on any atom is 0.266 e. The third-order valence-electron chi connectivity index (χ3n) is 4.37. The number of hydrogen-bond donors (Lipinski definition) is 0. The molecule has 3 rings (SSSR count). The fourth-order valence-corrected chi connectivity index (χ4v) is 3.13. The maximum atomic E-state index is 12.4. The van der Waals surface area contributed by atoms with Crippen molar-refractivity contribution in [2.45, 2.75) is 32.6 Å². The Hall–Kier alpha value is -2.23. The fraction of sp³-hybridized carbons (Fsp3) is 0.389. The van der Waals surface area contributed by atoms with E-state index >= 15 is 0 Å². The largest absolute Gasteiger partial charge is 0.294 e. The number of carbonyl (C=O) groups excluding carboxylic acids is 1. The summed E-state index contributed by atoms with van der Waals surface area (Å²) in [7, 11) is 1.68. The number of fused-ring (bicyclic) bond motifs is 1. The Morgan fingerprint density at radius 3 is 2.95 bits per heavy atom. The molecule has 4 nitrogen and oxygen atoms in total. The summed E-state index contributed by atoms with van der Waals surface area (Å²) < 4.78 is 1.39. The molecule has 0 spiro atoms. The van der Waals surface area contributed by atoms with Crippen molar-refractivity contribution in [3.63, 3.8) is 0 Å². The van der Waals surface area contributed by atoms with Crippen LogP contribution in [0.4, 0.5) is 0 Å². The first-order valence-electron chi connectivity index (χ1n) is 7.69. The van der Waals surface area contributed by atoms with Gasteiger partial charge in [-0.15, -0.1) is 0 Å². The average molecular weight is 296 g/mol. The lowest BCUT2D eigenvalue weighted by Crippen LogP contribution is -2.26. The van der Waals surface area contributed by atoms with Crippen LogP contribution in [-0.4, -0.2) is 15.6 Å². The lowest BCUT2D eigenvalue weighted by atomic mass is 9.83. The molecule has 4 heteroatoms. The van der Waals surface area contributed by atoms with E-state index in [1.807, 2.05) is 31.2 Å². The van der Waals surface area contributed by atoms with Crippen LogP contribution in [0.1, 0.15) is 40.0 Å². The molecule has 0 fully saturated rings. The number of aryl methyl sites for hydroxylation is 3. The number of rotatable bonds is 3. The number of Topliss-reactive ketones (excluding diaryl/α,β-unsaturated/α-hetero) is 1. The number of benzene rings is 1. The van der Waals surface area contributed by atoms with Gasteiger partial charge in [0.05, 0.1) is 5.69 Å². The normalized spacial score (nSPS) is 17.1. The van der Waals surface area contributed by atoms with E-state index < -0.39 is 0 Å². The summed E-state index contributed by atoms with van der Waals surface area (Å²) in [5.74, 6) is 0.489. The highest BCUT2D eigenvalue weighted by Crippen LogP contribution is 2.26. The lowest BCUT2D eigenvalue weighted by Gasteiger charge is -2.23. The van der Waals surface area contributed by atoms with Crippen LogP contribution in [0.15, 0.2) is 35.1 Å². The van der Waals surface area contributed by atoms with E-state index in [0.717, 1.165) is 41.6 Å². The zero-order valence-electron chi connectivity index (χ0n) is 13.0. The molecule has 1 unspecified atom stereocenters. The zero-order valence-corrected chi connectivity index (χ0v) is 13.0. The molecular formula is C18H20N2O2. The second kappa shape index (κ2) is 5.87. The molecule has 1 aromatic heterocycles. The number of carbonyl (C=O) groups is 1. The van der Waals surface area contributed by atoms with E-state index in [0.29, 0.717) is 12.3 Å². The lowest BCUT2D eigenvalue weighted by molar-refractivity contribution is 0.0957. The van der Waals surface area contributed by atoms with Crippen LogP contribution in [-0.2, 0) is 19.9 Å². The number of aromatic nitrogens is 2. The van der Waals surface area contributed by atoms with Gasteiger partial charge in [0, 0.05) is 25.1 Å². The fourth-order valence-electron chi connectivity index (χ4n) is 3.13. The molecule has 22 heavy (non-hydrogen) atoms. The van der Waals surface area contributed by atoms with Crippen molar-refractivity contribution >= 4 is 5.78 Å². The van der Waals surface area contributed by atoms with Gasteiger partial charge in [-0.05, 0) is 43.7 Å². The van der Waals surface area contributed by atoms with Gasteiger partial charge in [-0.1, -0.05) is 23.8 Å². The van der Waals surface area contributed by atoms with Gasteiger partial charge in [0.15, 0.2) is 5.78 Å². The van der Waals surface area contributed by atoms with Crippen molar-refractivity contribution in [3.8, 4) is 0 Å². The molecule has 0 radical (unpaired) electrons. The van der Waals surface area contributed by atoms with Crippen molar-refractivity contribution in [1.82, 2.24) is 9.78 Å². The van der Waals surface area contributed by atoms with Crippen molar-refractivity contribution in [3.05, 3.63) is 63.1 Å². The number of hydrogen-bond acceptors (Lipinski definition) is 3. The van der Waals surface area contributed by atoms with Crippen LogP contribution >= 0.6 is 0 Å². The highest BCUT2D eigenvalue weighted by atomic mass is 16.1. The standard InChI is InChI=1S/C18H20N2O2/c1-12-4-3-5-14(8-12)17(21)10-13-6-7-16-15(9-13)11-18(22)20(2)19-16/h3-5,8,11,13H,6-7,9-10H2,1-2H3. The molecule has 1 aromatic carbocycles. The van der Waals surface area contributed by atoms with Crippen LogP contribution in [0.25, 0.3) is 0 Å². The summed E-state index contributed by atoms with van der Waals surface area (Å²) in [6.45, 7) is 2.00. The third-order valence-corrected chi connectivity index (χ3v) is 4.37. The molecule has 1 atom stereocenters. The van der Waals surface area contributed by atoms with Crippen LogP contribution in [0.3, 0.4) is 0 Å². The van der Waals surface area contributed by atoms with Crippen molar-refractivity contribution in [2.75, 3.05) is 0 Å². The Bertz CT molecular complexity index is 777. The van der Waals surface area contributed by atoms with Gasteiger partial charge in [-0.25, -0.2) is 4.68 Å². The van der Waals surface area contributed by atoms with Crippen molar-refractivity contribution in [1.29, 1.82) is 0 Å². The first-order valence-corrected chi connectivity index (χ1v) is 7.69. The van der Waals surface area contributed by atoms with E-state index in [2.05, 4.69) is 5.10 Å². The predicted molar refractivity (Wildman–Crippen MR) is 85.1 cm³/mol. The second-order valence-corrected chi connectivity index (χ2v) is 6.18. The average Bonchev–Trinajstić information content (AvgIpc) is 2.49. The Morgan fingerprint density at radius 2 is 2.18 bits per heavy atom. The molecule has 0 saturated heterocycles. The van der Waals surface area contributed by atoms with Crippen LogP contribution in [0.5, 0.6) is 0 Å². The topological polar surface area (TPSA) is 52.0 Å². The smallest absolute Gasteiger partial charge is 0.266 e. The van der Waals surface area contributed by atoms with Gasteiger partial charge in [0.2, 0.25) is 0 Å². The summed E-state index contributed by atoms with van der Waals surface area (Å²) in [4.78, 5) is 24.1. The summed E-state index contributed by atoms with van der Waals surface area (Å²) in [5.41, 5.74) is 3.82. The van der Waals surface area contributed by atoms with Gasteiger partial charge in [-0.2, -0.15) is 5.10 Å².